The maximum atomic E-state index is 11.6. The summed E-state index contributed by atoms with van der Waals surface area (Å²) in [5.74, 6) is 0.259. The zero-order valence-electron chi connectivity index (χ0n) is 11.5. The molecule has 0 aliphatic carbocycles. The predicted molar refractivity (Wildman–Crippen MR) is 79.5 cm³/mol. The molecule has 0 aliphatic heterocycles. The molecule has 0 amide bonds. The molecule has 5 nitrogen and oxygen atoms in total. The molecule has 1 aromatic carbocycles. The number of benzene rings is 1. The van der Waals surface area contributed by atoms with E-state index in [2.05, 4.69) is 10.2 Å². The van der Waals surface area contributed by atoms with Gasteiger partial charge >= 0.3 is 5.97 Å². The highest BCUT2D eigenvalue weighted by Crippen LogP contribution is 2.25. The molecule has 0 bridgehead atoms. The van der Waals surface area contributed by atoms with Gasteiger partial charge in [-0.3, -0.25) is 4.40 Å². The minimum Gasteiger partial charge on any atom is -0.465 e. The second-order valence-electron chi connectivity index (χ2n) is 4.62. The Kier molecular flexibility index (Phi) is 3.35. The Morgan fingerprint density at radius 1 is 1.24 bits per heavy atom. The number of aryl methyl sites for hydroxylation is 1. The van der Waals surface area contributed by atoms with Gasteiger partial charge < -0.3 is 4.74 Å². The van der Waals surface area contributed by atoms with Crippen LogP contribution in [0.1, 0.15) is 15.9 Å². The predicted octanol–water partition coefficient (Wildman–Crippen LogP) is 3.14. The average molecular weight is 302 g/mol. The Morgan fingerprint density at radius 3 is 2.76 bits per heavy atom. The third kappa shape index (κ3) is 2.36. The van der Waals surface area contributed by atoms with Crippen LogP contribution < -0.4 is 0 Å². The number of ether oxygens (including phenoxy) is 1. The first kappa shape index (κ1) is 13.6. The summed E-state index contributed by atoms with van der Waals surface area (Å²) in [4.78, 5) is 11.6. The van der Waals surface area contributed by atoms with E-state index < -0.39 is 5.97 Å². The maximum Gasteiger partial charge on any atom is 0.339 e. The number of nitrogens with zero attached hydrogens (tertiary/aromatic N) is 3. The highest BCUT2D eigenvalue weighted by Gasteiger charge is 2.13. The van der Waals surface area contributed by atoms with Crippen molar-refractivity contribution in [2.24, 2.45) is 0 Å². The largest absolute Gasteiger partial charge is 0.465 e. The molecule has 0 saturated heterocycles. The molecule has 2 aromatic heterocycles. The van der Waals surface area contributed by atoms with Gasteiger partial charge in [0, 0.05) is 16.8 Å². The van der Waals surface area contributed by atoms with Crippen LogP contribution in [-0.2, 0) is 4.74 Å². The fourth-order valence-corrected chi connectivity index (χ4v) is 2.42. The standard InChI is InChI=1S/C15H12ClN3O2/c1-9-7-11(16)4-5-12(9)14-18-17-13-6-3-10(8-19(13)14)15(20)21-2/h3-8H,1-2H3. The van der Waals surface area contributed by atoms with Crippen LogP contribution in [0.2, 0.25) is 5.02 Å². The zero-order valence-corrected chi connectivity index (χ0v) is 12.3. The van der Waals surface area contributed by atoms with Crippen molar-refractivity contribution >= 4 is 23.2 Å². The first-order chi connectivity index (χ1) is 10.1. The van der Waals surface area contributed by atoms with E-state index in [-0.39, 0.29) is 0 Å². The van der Waals surface area contributed by atoms with Gasteiger partial charge in [-0.1, -0.05) is 11.6 Å². The smallest absolute Gasteiger partial charge is 0.339 e. The lowest BCUT2D eigenvalue weighted by molar-refractivity contribution is 0.0600. The number of fused-ring (bicyclic) bond motifs is 1. The Bertz CT molecular complexity index is 842. The summed E-state index contributed by atoms with van der Waals surface area (Å²) in [5.41, 5.74) is 3.00. The van der Waals surface area contributed by atoms with Gasteiger partial charge in [0.1, 0.15) is 0 Å². The summed E-state index contributed by atoms with van der Waals surface area (Å²) in [6.07, 6.45) is 1.67. The zero-order chi connectivity index (χ0) is 15.0. The van der Waals surface area contributed by atoms with Gasteiger partial charge in [0.15, 0.2) is 11.5 Å². The van der Waals surface area contributed by atoms with Crippen LogP contribution in [0.4, 0.5) is 0 Å². The van der Waals surface area contributed by atoms with Gasteiger partial charge in [0.05, 0.1) is 12.7 Å². The second-order valence-corrected chi connectivity index (χ2v) is 5.06. The van der Waals surface area contributed by atoms with Crippen molar-refractivity contribution in [1.29, 1.82) is 0 Å². The first-order valence-corrected chi connectivity index (χ1v) is 6.67. The van der Waals surface area contributed by atoms with E-state index in [1.54, 1.807) is 28.8 Å². The van der Waals surface area contributed by atoms with Crippen molar-refractivity contribution in [3.63, 3.8) is 0 Å². The van der Waals surface area contributed by atoms with Crippen molar-refractivity contribution in [1.82, 2.24) is 14.6 Å². The summed E-state index contributed by atoms with van der Waals surface area (Å²) in [6, 6.07) is 8.94. The van der Waals surface area contributed by atoms with E-state index in [9.17, 15) is 4.79 Å². The highest BCUT2D eigenvalue weighted by molar-refractivity contribution is 6.30. The monoisotopic (exact) mass is 301 g/mol. The molecule has 0 saturated carbocycles. The molecule has 6 heteroatoms. The van der Waals surface area contributed by atoms with Crippen molar-refractivity contribution < 1.29 is 9.53 Å². The van der Waals surface area contributed by atoms with E-state index in [1.807, 2.05) is 19.1 Å². The molecule has 21 heavy (non-hydrogen) atoms. The lowest BCUT2D eigenvalue weighted by atomic mass is 10.1. The third-order valence-electron chi connectivity index (χ3n) is 3.25. The summed E-state index contributed by atoms with van der Waals surface area (Å²) in [7, 11) is 1.35. The van der Waals surface area contributed by atoms with Gasteiger partial charge in [-0.15, -0.1) is 10.2 Å². The second kappa shape index (κ2) is 5.18. The number of halogens is 1. The van der Waals surface area contributed by atoms with E-state index >= 15 is 0 Å². The topological polar surface area (TPSA) is 56.5 Å². The lowest BCUT2D eigenvalue weighted by Crippen LogP contribution is -2.03. The maximum absolute atomic E-state index is 11.6. The van der Waals surface area contributed by atoms with Crippen molar-refractivity contribution in [2.45, 2.75) is 6.92 Å². The van der Waals surface area contributed by atoms with Crippen molar-refractivity contribution in [3.05, 3.63) is 52.7 Å². The fourth-order valence-electron chi connectivity index (χ4n) is 2.19. The van der Waals surface area contributed by atoms with Gasteiger partial charge in [-0.2, -0.15) is 0 Å². The summed E-state index contributed by atoms with van der Waals surface area (Å²) in [5, 5.41) is 8.98. The minimum atomic E-state index is -0.399. The number of carbonyl (C=O) groups excluding carboxylic acids is 1. The molecule has 0 atom stereocenters. The Labute approximate surface area is 126 Å². The van der Waals surface area contributed by atoms with Crippen molar-refractivity contribution in [3.8, 4) is 11.4 Å². The Hall–Kier alpha value is -2.40. The number of rotatable bonds is 2. The average Bonchev–Trinajstić information content (AvgIpc) is 2.89. The summed E-state index contributed by atoms with van der Waals surface area (Å²) in [6.45, 7) is 1.95. The molecular weight excluding hydrogens is 290 g/mol. The van der Waals surface area contributed by atoms with Crippen LogP contribution in [0.25, 0.3) is 17.0 Å². The van der Waals surface area contributed by atoms with E-state index in [0.29, 0.717) is 22.1 Å². The Balaban J connectivity index is 2.20. The van der Waals surface area contributed by atoms with Gasteiger partial charge in [0.2, 0.25) is 0 Å². The number of esters is 1. The van der Waals surface area contributed by atoms with Crippen LogP contribution in [0.15, 0.2) is 36.5 Å². The molecule has 3 aromatic rings. The van der Waals surface area contributed by atoms with Crippen LogP contribution in [0.5, 0.6) is 0 Å². The number of methoxy groups -OCH3 is 1. The first-order valence-electron chi connectivity index (χ1n) is 6.30. The molecule has 2 heterocycles. The normalized spacial score (nSPS) is 10.8. The summed E-state index contributed by atoms with van der Waals surface area (Å²) >= 11 is 5.98. The van der Waals surface area contributed by atoms with Gasteiger partial charge in [-0.05, 0) is 42.8 Å². The van der Waals surface area contributed by atoms with Crippen LogP contribution in [0.3, 0.4) is 0 Å². The molecular formula is C15H12ClN3O2. The van der Waals surface area contributed by atoms with E-state index in [0.717, 1.165) is 11.1 Å². The number of hydrogen-bond acceptors (Lipinski definition) is 4. The van der Waals surface area contributed by atoms with E-state index in [1.165, 1.54) is 7.11 Å². The molecule has 0 unspecified atom stereocenters. The number of carbonyl (C=O) groups is 1. The Morgan fingerprint density at radius 2 is 2.05 bits per heavy atom. The van der Waals surface area contributed by atoms with Crippen molar-refractivity contribution in [2.75, 3.05) is 7.11 Å². The molecule has 106 valence electrons. The molecule has 0 N–H and O–H groups in total. The van der Waals surface area contributed by atoms with Gasteiger partial charge in [-0.25, -0.2) is 4.79 Å². The molecule has 3 rings (SSSR count). The lowest BCUT2D eigenvalue weighted by Gasteiger charge is -2.06. The van der Waals surface area contributed by atoms with E-state index in [4.69, 9.17) is 16.3 Å². The molecule has 0 spiro atoms. The van der Waals surface area contributed by atoms with Crippen LogP contribution in [0, 0.1) is 6.92 Å². The number of hydrogen-bond donors (Lipinski definition) is 0. The quantitative estimate of drug-likeness (QED) is 0.682. The SMILES string of the molecule is COC(=O)c1ccc2nnc(-c3ccc(Cl)cc3C)n2c1. The van der Waals surface area contributed by atoms with Gasteiger partial charge in [0.25, 0.3) is 0 Å². The highest BCUT2D eigenvalue weighted by atomic mass is 35.5. The molecule has 0 aliphatic rings. The fraction of sp³-hybridized carbons (Fsp3) is 0.133. The number of aromatic nitrogens is 3. The van der Waals surface area contributed by atoms with Crippen LogP contribution in [-0.4, -0.2) is 27.7 Å². The van der Waals surface area contributed by atoms with Crippen LogP contribution >= 0.6 is 11.6 Å². The minimum absolute atomic E-state index is 0.399. The third-order valence-corrected chi connectivity index (χ3v) is 3.49. The molecule has 0 radical (unpaired) electrons. The molecule has 0 fully saturated rings. The summed E-state index contributed by atoms with van der Waals surface area (Å²) < 4.78 is 6.50. The number of pyridine rings is 1.